The molecule has 0 bridgehead atoms. The summed E-state index contributed by atoms with van der Waals surface area (Å²) in [5.41, 5.74) is 0.538. The molecule has 2 rings (SSSR count). The molecule has 1 aromatic carbocycles. The van der Waals surface area contributed by atoms with Gasteiger partial charge in [-0.2, -0.15) is 0 Å². The first-order chi connectivity index (χ1) is 9.64. The van der Waals surface area contributed by atoms with Crippen molar-refractivity contribution in [2.75, 3.05) is 6.26 Å². The molecule has 0 amide bonds. The van der Waals surface area contributed by atoms with E-state index in [1.165, 1.54) is 6.26 Å². The first kappa shape index (κ1) is 16.2. The highest BCUT2D eigenvalue weighted by atomic mass is 79.9. The summed E-state index contributed by atoms with van der Waals surface area (Å²) in [6.45, 7) is 6.19. The highest BCUT2D eigenvalue weighted by molar-refractivity contribution is 9.08. The standard InChI is InChI=1S/C14H18BrN3O2S/c1-14(2,3)18-12(9-15)16-17-13(18)10-6-5-7-11(8-10)21(4,19)20/h5-8H,9H2,1-4H3. The van der Waals surface area contributed by atoms with Gasteiger partial charge in [-0.25, -0.2) is 8.42 Å². The minimum absolute atomic E-state index is 0.205. The van der Waals surface area contributed by atoms with E-state index in [0.29, 0.717) is 11.2 Å². The van der Waals surface area contributed by atoms with E-state index in [-0.39, 0.29) is 10.4 Å². The molecule has 114 valence electrons. The quantitative estimate of drug-likeness (QED) is 0.777. The Morgan fingerprint density at radius 2 is 1.90 bits per heavy atom. The number of alkyl halides is 1. The van der Waals surface area contributed by atoms with E-state index < -0.39 is 9.84 Å². The lowest BCUT2D eigenvalue weighted by molar-refractivity contribution is 0.391. The van der Waals surface area contributed by atoms with E-state index in [1.807, 2.05) is 10.6 Å². The van der Waals surface area contributed by atoms with Crippen molar-refractivity contribution in [3.8, 4) is 11.4 Å². The van der Waals surface area contributed by atoms with Crippen molar-refractivity contribution in [2.24, 2.45) is 0 Å². The second kappa shape index (κ2) is 5.53. The zero-order valence-corrected chi connectivity index (χ0v) is 14.9. The first-order valence-electron chi connectivity index (χ1n) is 6.46. The van der Waals surface area contributed by atoms with Gasteiger partial charge in [0.2, 0.25) is 0 Å². The van der Waals surface area contributed by atoms with E-state index >= 15 is 0 Å². The van der Waals surface area contributed by atoms with Crippen LogP contribution in [0.15, 0.2) is 29.2 Å². The average molecular weight is 372 g/mol. The summed E-state index contributed by atoms with van der Waals surface area (Å²) in [6.07, 6.45) is 1.20. The fraction of sp³-hybridized carbons (Fsp3) is 0.429. The lowest BCUT2D eigenvalue weighted by Gasteiger charge is -2.24. The van der Waals surface area contributed by atoms with Crippen LogP contribution in [0, 0.1) is 0 Å². The Kier molecular flexibility index (Phi) is 4.26. The van der Waals surface area contributed by atoms with Crippen LogP contribution in [-0.2, 0) is 20.7 Å². The third-order valence-corrected chi connectivity index (χ3v) is 4.65. The predicted molar refractivity (Wildman–Crippen MR) is 86.2 cm³/mol. The van der Waals surface area contributed by atoms with Crippen LogP contribution in [-0.4, -0.2) is 29.4 Å². The Hall–Kier alpha value is -1.21. The molecular weight excluding hydrogens is 354 g/mol. The van der Waals surface area contributed by atoms with Gasteiger partial charge in [0.05, 0.1) is 10.2 Å². The maximum atomic E-state index is 11.7. The van der Waals surface area contributed by atoms with E-state index in [0.717, 1.165) is 11.4 Å². The van der Waals surface area contributed by atoms with Gasteiger partial charge < -0.3 is 4.57 Å². The van der Waals surface area contributed by atoms with Crippen molar-refractivity contribution in [1.82, 2.24) is 14.8 Å². The van der Waals surface area contributed by atoms with Gasteiger partial charge >= 0.3 is 0 Å². The Labute approximate surface area is 133 Å². The van der Waals surface area contributed by atoms with Crippen LogP contribution in [0.5, 0.6) is 0 Å². The molecule has 5 nitrogen and oxygen atoms in total. The van der Waals surface area contributed by atoms with E-state index in [2.05, 4.69) is 46.9 Å². The monoisotopic (exact) mass is 371 g/mol. The van der Waals surface area contributed by atoms with Gasteiger partial charge in [0, 0.05) is 17.4 Å². The second-order valence-corrected chi connectivity index (χ2v) is 8.46. The third kappa shape index (κ3) is 3.35. The van der Waals surface area contributed by atoms with E-state index in [9.17, 15) is 8.42 Å². The number of benzene rings is 1. The normalized spacial score (nSPS) is 12.6. The van der Waals surface area contributed by atoms with Crippen LogP contribution in [0.1, 0.15) is 26.6 Å². The Bertz CT molecular complexity index is 761. The molecule has 0 unspecified atom stereocenters. The number of halogens is 1. The van der Waals surface area contributed by atoms with Gasteiger partial charge in [0.1, 0.15) is 5.82 Å². The molecule has 1 aromatic heterocycles. The molecule has 0 N–H and O–H groups in total. The van der Waals surface area contributed by atoms with Crippen molar-refractivity contribution in [2.45, 2.75) is 36.5 Å². The zero-order chi connectivity index (χ0) is 15.8. The number of aromatic nitrogens is 3. The highest BCUT2D eigenvalue weighted by Crippen LogP contribution is 2.28. The molecule has 0 radical (unpaired) electrons. The SMILES string of the molecule is CC(C)(C)n1c(CBr)nnc1-c1cccc(S(C)(=O)=O)c1. The van der Waals surface area contributed by atoms with Crippen molar-refractivity contribution >= 4 is 25.8 Å². The van der Waals surface area contributed by atoms with E-state index in [4.69, 9.17) is 0 Å². The van der Waals surface area contributed by atoms with Crippen LogP contribution in [0.3, 0.4) is 0 Å². The smallest absolute Gasteiger partial charge is 0.175 e. The zero-order valence-electron chi connectivity index (χ0n) is 12.5. The van der Waals surface area contributed by atoms with Gasteiger partial charge in [0.15, 0.2) is 15.7 Å². The molecule has 0 aliphatic carbocycles. The van der Waals surface area contributed by atoms with Crippen LogP contribution in [0.25, 0.3) is 11.4 Å². The highest BCUT2D eigenvalue weighted by Gasteiger charge is 2.23. The van der Waals surface area contributed by atoms with Gasteiger partial charge in [-0.3, -0.25) is 0 Å². The lowest BCUT2D eigenvalue weighted by atomic mass is 10.1. The summed E-state index contributed by atoms with van der Waals surface area (Å²) >= 11 is 3.41. The lowest BCUT2D eigenvalue weighted by Crippen LogP contribution is -2.24. The molecule has 1 heterocycles. The molecular formula is C14H18BrN3O2S. The second-order valence-electron chi connectivity index (χ2n) is 5.88. The molecule has 0 fully saturated rings. The number of hydrogen-bond acceptors (Lipinski definition) is 4. The van der Waals surface area contributed by atoms with Crippen LogP contribution in [0.4, 0.5) is 0 Å². The average Bonchev–Trinajstić information content (AvgIpc) is 2.81. The van der Waals surface area contributed by atoms with Gasteiger partial charge in [0.25, 0.3) is 0 Å². The maximum absolute atomic E-state index is 11.7. The van der Waals surface area contributed by atoms with Crippen molar-refractivity contribution in [1.29, 1.82) is 0 Å². The third-order valence-electron chi connectivity index (χ3n) is 3.04. The number of sulfone groups is 1. The van der Waals surface area contributed by atoms with Crippen LogP contribution < -0.4 is 0 Å². The van der Waals surface area contributed by atoms with Crippen LogP contribution >= 0.6 is 15.9 Å². The minimum atomic E-state index is -3.25. The summed E-state index contributed by atoms with van der Waals surface area (Å²) in [4.78, 5) is 0.281. The molecule has 21 heavy (non-hydrogen) atoms. The molecule has 0 atom stereocenters. The molecule has 7 heteroatoms. The van der Waals surface area contributed by atoms with Crippen molar-refractivity contribution < 1.29 is 8.42 Å². The predicted octanol–water partition coefficient (Wildman–Crippen LogP) is 3.00. The number of rotatable bonds is 3. The summed E-state index contributed by atoms with van der Waals surface area (Å²) in [5, 5.41) is 9.01. The van der Waals surface area contributed by atoms with E-state index in [1.54, 1.807) is 18.2 Å². The summed E-state index contributed by atoms with van der Waals surface area (Å²) < 4.78 is 25.4. The number of hydrogen-bond donors (Lipinski definition) is 0. The molecule has 0 aliphatic rings. The Morgan fingerprint density at radius 1 is 1.24 bits per heavy atom. The largest absolute Gasteiger partial charge is 0.305 e. The topological polar surface area (TPSA) is 64.8 Å². The van der Waals surface area contributed by atoms with Gasteiger partial charge in [-0.15, -0.1) is 10.2 Å². The van der Waals surface area contributed by atoms with Crippen molar-refractivity contribution in [3.05, 3.63) is 30.1 Å². The fourth-order valence-electron chi connectivity index (χ4n) is 2.16. The van der Waals surface area contributed by atoms with Crippen LogP contribution in [0.2, 0.25) is 0 Å². The summed E-state index contributed by atoms with van der Waals surface area (Å²) in [6, 6.07) is 6.79. The van der Waals surface area contributed by atoms with Gasteiger partial charge in [-0.1, -0.05) is 28.1 Å². The minimum Gasteiger partial charge on any atom is -0.305 e. The molecule has 0 spiro atoms. The summed E-state index contributed by atoms with van der Waals surface area (Å²) in [7, 11) is -3.25. The molecule has 0 saturated heterocycles. The molecule has 2 aromatic rings. The first-order valence-corrected chi connectivity index (χ1v) is 9.47. The Morgan fingerprint density at radius 3 is 2.43 bits per heavy atom. The molecule has 0 aliphatic heterocycles. The summed E-state index contributed by atoms with van der Waals surface area (Å²) in [5.74, 6) is 1.48. The van der Waals surface area contributed by atoms with Gasteiger partial charge in [-0.05, 0) is 32.9 Å². The Balaban J connectivity index is 2.66. The maximum Gasteiger partial charge on any atom is 0.175 e. The van der Waals surface area contributed by atoms with Crippen molar-refractivity contribution in [3.63, 3.8) is 0 Å². The fourth-order valence-corrected chi connectivity index (χ4v) is 3.19. The number of nitrogens with zero attached hydrogens (tertiary/aromatic N) is 3. The molecule has 0 saturated carbocycles.